The number of rotatable bonds is 15. The molecule has 0 radical (unpaired) electrons. The lowest BCUT2D eigenvalue weighted by Gasteiger charge is -2.21. The summed E-state index contributed by atoms with van der Waals surface area (Å²) < 4.78 is 65.8. The molecule has 8 aromatic carbocycles. The fraction of sp³-hybridized carbons (Fsp3) is 0.0508. The minimum Gasteiger partial charge on any atom is -0.497 e. The van der Waals surface area contributed by atoms with E-state index >= 15 is 0 Å². The number of ether oxygens (including phenoxy) is 3. The van der Waals surface area contributed by atoms with Crippen LogP contribution in [0.5, 0.6) is 17.2 Å². The summed E-state index contributed by atoms with van der Waals surface area (Å²) in [4.78, 5) is 35.4. The first-order valence-corrected chi connectivity index (χ1v) is 27.5. The van der Waals surface area contributed by atoms with Crippen molar-refractivity contribution in [1.82, 2.24) is 9.97 Å². The third-order valence-corrected chi connectivity index (χ3v) is 14.7. The number of nitrogens with zero attached hydrogens (tertiary/aromatic N) is 2. The zero-order chi connectivity index (χ0) is 55.8. The number of aromatic nitrogens is 2. The quantitative estimate of drug-likeness (QED) is 0.0558. The summed E-state index contributed by atoms with van der Waals surface area (Å²) in [6.45, 7) is 0. The number of anilines is 4. The van der Waals surface area contributed by atoms with E-state index in [9.17, 15) is 26.4 Å². The maximum atomic E-state index is 13.6. The summed E-state index contributed by atoms with van der Waals surface area (Å²) in [5, 5.41) is 20.1. The average molecular weight is 1110 g/mol. The number of carbonyl (C=O) groups excluding carboxylic acids is 2. The number of halogens is 1. The molecule has 0 saturated carbocycles. The van der Waals surface area contributed by atoms with E-state index in [1.807, 2.05) is 24.3 Å². The summed E-state index contributed by atoms with van der Waals surface area (Å²) in [6.07, 6.45) is 1.13. The molecule has 2 unspecified atom stereocenters. The summed E-state index contributed by atoms with van der Waals surface area (Å²) in [5.41, 5.74) is 16.3. The van der Waals surface area contributed by atoms with Gasteiger partial charge in [0.1, 0.15) is 28.9 Å². The van der Waals surface area contributed by atoms with Gasteiger partial charge >= 0.3 is 0 Å². The molecule has 0 aliphatic carbocycles. The van der Waals surface area contributed by atoms with Crippen LogP contribution in [0.15, 0.2) is 216 Å². The van der Waals surface area contributed by atoms with Crippen molar-refractivity contribution in [2.24, 2.45) is 10.3 Å². The van der Waals surface area contributed by atoms with Crippen LogP contribution >= 0.6 is 11.6 Å². The Morgan fingerprint density at radius 3 is 1.44 bits per heavy atom. The third kappa shape index (κ3) is 12.9. The van der Waals surface area contributed by atoms with Gasteiger partial charge in [0, 0.05) is 61.8 Å². The highest BCUT2D eigenvalue weighted by molar-refractivity contribution is 7.89. The lowest BCUT2D eigenvalue weighted by Crippen LogP contribution is -2.26. The molecule has 398 valence electrons. The van der Waals surface area contributed by atoms with Crippen molar-refractivity contribution in [2.75, 3.05) is 29.2 Å². The molecule has 2 aromatic heterocycles. The van der Waals surface area contributed by atoms with Crippen molar-refractivity contribution in [1.29, 1.82) is 0 Å². The second kappa shape index (κ2) is 23.5. The van der Waals surface area contributed by atoms with Crippen LogP contribution < -0.4 is 46.6 Å². The highest BCUT2D eigenvalue weighted by Gasteiger charge is 2.27. The van der Waals surface area contributed by atoms with Crippen LogP contribution in [0.1, 0.15) is 23.3 Å². The van der Waals surface area contributed by atoms with E-state index in [4.69, 9.17) is 47.6 Å². The number of nitrogens with one attached hydrogen (secondary N) is 2. The molecule has 0 aliphatic heterocycles. The van der Waals surface area contributed by atoms with Crippen molar-refractivity contribution in [2.45, 2.75) is 22.0 Å². The third-order valence-electron chi connectivity index (χ3n) is 12.4. The molecule has 0 saturated heterocycles. The maximum Gasteiger partial charge on any atom is 0.270 e. The highest BCUT2D eigenvalue weighted by atomic mass is 35.5. The first kappa shape index (κ1) is 54.4. The van der Waals surface area contributed by atoms with Gasteiger partial charge in [-0.25, -0.2) is 37.1 Å². The van der Waals surface area contributed by atoms with E-state index in [1.54, 1.807) is 177 Å². The number of hydrogen-bond donors (Lipinski definition) is 6. The zero-order valence-electron chi connectivity index (χ0n) is 41.9. The topological polar surface area (TPSA) is 284 Å². The number of primary sulfonamides is 2. The van der Waals surface area contributed by atoms with Gasteiger partial charge < -0.3 is 36.3 Å². The smallest absolute Gasteiger partial charge is 0.270 e. The first-order chi connectivity index (χ1) is 37.9. The van der Waals surface area contributed by atoms with Gasteiger partial charge in [-0.1, -0.05) is 115 Å². The fourth-order valence-electron chi connectivity index (χ4n) is 8.57. The van der Waals surface area contributed by atoms with Crippen LogP contribution in [0.3, 0.4) is 0 Å². The van der Waals surface area contributed by atoms with Crippen LogP contribution in [0.2, 0.25) is 5.02 Å². The van der Waals surface area contributed by atoms with Crippen LogP contribution in [-0.2, 0) is 29.6 Å². The number of hydrogen-bond acceptors (Lipinski definition) is 13. The molecule has 2 atom stereocenters. The number of nitrogen functional groups attached to an aromatic ring is 2. The summed E-state index contributed by atoms with van der Waals surface area (Å²) in [6, 6.07) is 54.7. The van der Waals surface area contributed by atoms with Crippen molar-refractivity contribution in [3.63, 3.8) is 0 Å². The lowest BCUT2D eigenvalue weighted by atomic mass is 10.0. The molecular weight excluding hydrogens is 1060 g/mol. The van der Waals surface area contributed by atoms with Crippen molar-refractivity contribution in [3.05, 3.63) is 223 Å². The van der Waals surface area contributed by atoms with E-state index in [0.29, 0.717) is 89.4 Å². The van der Waals surface area contributed by atoms with Crippen molar-refractivity contribution < 1.29 is 40.6 Å². The van der Waals surface area contributed by atoms with Crippen LogP contribution in [0, 0.1) is 0 Å². The van der Waals surface area contributed by atoms with Gasteiger partial charge in [0.2, 0.25) is 32.3 Å². The monoisotopic (exact) mass is 1110 g/mol. The van der Waals surface area contributed by atoms with Gasteiger partial charge in [0.25, 0.3) is 11.8 Å². The highest BCUT2D eigenvalue weighted by Crippen LogP contribution is 2.35. The van der Waals surface area contributed by atoms with Crippen LogP contribution in [0.25, 0.3) is 43.8 Å². The first-order valence-electron chi connectivity index (χ1n) is 24.0. The number of pyridine rings is 2. The van der Waals surface area contributed by atoms with Gasteiger partial charge in [0.05, 0.1) is 16.9 Å². The van der Waals surface area contributed by atoms with Gasteiger partial charge in [-0.3, -0.25) is 9.59 Å². The molecule has 2 heterocycles. The minimum atomic E-state index is -3.91. The van der Waals surface area contributed by atoms with Gasteiger partial charge in [-0.05, 0) is 113 Å². The lowest BCUT2D eigenvalue weighted by molar-refractivity contribution is -0.123. The Bertz CT molecular complexity index is 4140. The van der Waals surface area contributed by atoms with Gasteiger partial charge in [-0.15, -0.1) is 0 Å². The zero-order valence-corrected chi connectivity index (χ0v) is 44.2. The van der Waals surface area contributed by atoms with E-state index < -0.39 is 44.1 Å². The number of nitrogens with two attached hydrogens (primary N) is 4. The number of methoxy groups -OCH3 is 1. The second-order valence-corrected chi connectivity index (χ2v) is 21.1. The summed E-state index contributed by atoms with van der Waals surface area (Å²) in [7, 11) is -6.28. The second-order valence-electron chi connectivity index (χ2n) is 17.7. The SMILES string of the molecule is COc1cccc(C(Oc2ccc3ccnc(N)c3c2)C(=O)Nc2ccc(-c3ccccc3S(N)(=O)=O)cc2)c1.Nc1nccc2ccc(OC(C(=O)Nc3ccc(-c4ccccc4S(N)(=O)=O)cc3)c3ccccc3Cl)cc12. The molecule has 0 aliphatic rings. The van der Waals surface area contributed by atoms with Crippen LogP contribution in [0.4, 0.5) is 23.0 Å². The summed E-state index contributed by atoms with van der Waals surface area (Å²) >= 11 is 6.44. The molecule has 0 spiro atoms. The molecule has 17 nitrogen and oxygen atoms in total. The molecule has 10 aromatic rings. The Morgan fingerprint density at radius 1 is 0.506 bits per heavy atom. The average Bonchev–Trinajstić information content (AvgIpc) is 3.47. The number of amides is 2. The Kier molecular flexibility index (Phi) is 16.2. The van der Waals surface area contributed by atoms with E-state index in [2.05, 4.69) is 20.6 Å². The number of carbonyl (C=O) groups is 2. The Morgan fingerprint density at radius 2 is 0.962 bits per heavy atom. The Balaban J connectivity index is 0.000000192. The van der Waals surface area contributed by atoms with Crippen molar-refractivity contribution >= 4 is 88.0 Å². The fourth-order valence-corrected chi connectivity index (χ4v) is 10.3. The molecule has 10 N–H and O–H groups in total. The minimum absolute atomic E-state index is 0.0141. The number of sulfonamides is 2. The molecule has 0 bridgehead atoms. The largest absolute Gasteiger partial charge is 0.497 e. The Labute approximate surface area is 459 Å². The van der Waals surface area contributed by atoms with E-state index in [0.717, 1.165) is 10.8 Å². The van der Waals surface area contributed by atoms with Crippen molar-refractivity contribution in [3.8, 4) is 39.5 Å². The van der Waals surface area contributed by atoms with Crippen LogP contribution in [-0.4, -0.2) is 45.7 Å². The maximum absolute atomic E-state index is 13.6. The number of fused-ring (bicyclic) bond motifs is 2. The van der Waals surface area contributed by atoms with E-state index in [1.165, 1.54) is 12.1 Å². The molecule has 0 fully saturated rings. The predicted molar refractivity (Wildman–Crippen MR) is 307 cm³/mol. The number of benzene rings is 8. The molecule has 2 amide bonds. The molecule has 20 heteroatoms. The predicted octanol–water partition coefficient (Wildman–Crippen LogP) is 10.4. The molecule has 10 rings (SSSR count). The van der Waals surface area contributed by atoms with Gasteiger partial charge in [-0.2, -0.15) is 0 Å². The standard InChI is InChI=1S/C30H26N4O5S.C29H23ClN4O4S/c1-38-23-6-4-5-21(17-23)28(39-24-14-11-20-15-16-33-29(31)26(20)18-24)30(35)34-22-12-9-19(10-13-22)25-7-2-3-8-27(25)40(32,36)37;30-25-7-3-1-6-23(25)27(38-21-14-11-19-15-16-33-28(31)24(19)17-21)29(35)34-20-12-9-18(10-13-20)22-5-2-4-8-26(22)39(32,36)37/h2-18,28H,1H3,(H2,31,33)(H,34,35)(H2,32,36,37);1-17,27H,(H2,31,33)(H,34,35)(H2,32,36,37). The van der Waals surface area contributed by atoms with E-state index in [-0.39, 0.29) is 9.79 Å². The van der Waals surface area contributed by atoms with Gasteiger partial charge in [0.15, 0.2) is 0 Å². The Hall–Kier alpha value is -9.37. The normalized spacial score (nSPS) is 12.1. The molecular formula is C59H49ClN8O9S2. The summed E-state index contributed by atoms with van der Waals surface area (Å²) in [5.74, 6) is 1.24. The molecule has 79 heavy (non-hydrogen) atoms.